The molecule has 0 unspecified atom stereocenters. The third-order valence-corrected chi connectivity index (χ3v) is 2.11. The first-order chi connectivity index (χ1) is 6.15. The molecule has 2 nitrogen and oxygen atoms in total. The Morgan fingerprint density at radius 2 is 2.15 bits per heavy atom. The summed E-state index contributed by atoms with van der Waals surface area (Å²) in [5.74, 6) is 0.942. The molecule has 0 aliphatic heterocycles. The van der Waals surface area contributed by atoms with Crippen molar-refractivity contribution < 1.29 is 4.74 Å². The van der Waals surface area contributed by atoms with Gasteiger partial charge in [0.2, 0.25) is 0 Å². The van der Waals surface area contributed by atoms with Crippen molar-refractivity contribution in [2.24, 2.45) is 5.73 Å². The van der Waals surface area contributed by atoms with Gasteiger partial charge in [0.15, 0.2) is 0 Å². The Morgan fingerprint density at radius 1 is 1.46 bits per heavy atom. The van der Waals surface area contributed by atoms with E-state index in [0.29, 0.717) is 0 Å². The maximum atomic E-state index is 5.76. The van der Waals surface area contributed by atoms with Crippen molar-refractivity contribution in [1.82, 2.24) is 0 Å². The first-order valence-corrected chi connectivity index (χ1v) is 4.53. The summed E-state index contributed by atoms with van der Waals surface area (Å²) < 4.78 is 5.27. The van der Waals surface area contributed by atoms with E-state index >= 15 is 0 Å². The standard InChI is InChI=1S/C11H17NO/c1-8-5-4-6-11(13-3)10(8)7-9(2)12/h4-6,9H,7,12H2,1-3H3/t9-/m1/s1. The molecular formula is C11H17NO. The molecule has 2 heteroatoms. The molecule has 0 aliphatic rings. The zero-order valence-corrected chi connectivity index (χ0v) is 8.50. The zero-order chi connectivity index (χ0) is 9.84. The Bertz CT molecular complexity index is 281. The van der Waals surface area contributed by atoms with Gasteiger partial charge in [0, 0.05) is 6.04 Å². The highest BCUT2D eigenvalue weighted by Crippen LogP contribution is 2.22. The average molecular weight is 179 g/mol. The lowest BCUT2D eigenvalue weighted by Gasteiger charge is -2.13. The summed E-state index contributed by atoms with van der Waals surface area (Å²) in [5, 5.41) is 0. The molecule has 0 bridgehead atoms. The van der Waals surface area contributed by atoms with Crippen LogP contribution < -0.4 is 10.5 Å². The molecule has 1 rings (SSSR count). The normalized spacial score (nSPS) is 12.6. The molecule has 0 fully saturated rings. The van der Waals surface area contributed by atoms with Gasteiger partial charge in [-0.15, -0.1) is 0 Å². The number of aryl methyl sites for hydroxylation is 1. The molecule has 1 atom stereocenters. The number of ether oxygens (including phenoxy) is 1. The number of hydrogen-bond donors (Lipinski definition) is 1. The van der Waals surface area contributed by atoms with Crippen LogP contribution in [0.3, 0.4) is 0 Å². The number of benzene rings is 1. The monoisotopic (exact) mass is 179 g/mol. The van der Waals surface area contributed by atoms with Crippen LogP contribution in [0, 0.1) is 6.92 Å². The first-order valence-electron chi connectivity index (χ1n) is 4.53. The minimum atomic E-state index is 0.176. The number of nitrogens with two attached hydrogens (primary N) is 1. The minimum Gasteiger partial charge on any atom is -0.496 e. The van der Waals surface area contributed by atoms with Crippen LogP contribution in [0.1, 0.15) is 18.1 Å². The molecule has 1 aromatic rings. The average Bonchev–Trinajstić information content (AvgIpc) is 2.08. The molecule has 0 spiro atoms. The molecule has 0 saturated carbocycles. The summed E-state index contributed by atoms with van der Waals surface area (Å²) in [6.45, 7) is 4.09. The molecule has 72 valence electrons. The van der Waals surface area contributed by atoms with Crippen molar-refractivity contribution in [3.05, 3.63) is 29.3 Å². The van der Waals surface area contributed by atoms with E-state index in [-0.39, 0.29) is 6.04 Å². The van der Waals surface area contributed by atoms with Gasteiger partial charge in [0.25, 0.3) is 0 Å². The summed E-state index contributed by atoms with van der Waals surface area (Å²) in [6.07, 6.45) is 0.871. The van der Waals surface area contributed by atoms with E-state index in [2.05, 4.69) is 13.0 Å². The van der Waals surface area contributed by atoms with Crippen LogP contribution >= 0.6 is 0 Å². The van der Waals surface area contributed by atoms with Crippen molar-refractivity contribution in [2.75, 3.05) is 7.11 Å². The van der Waals surface area contributed by atoms with Gasteiger partial charge in [-0.3, -0.25) is 0 Å². The second kappa shape index (κ2) is 4.28. The maximum Gasteiger partial charge on any atom is 0.122 e. The fourth-order valence-electron chi connectivity index (χ4n) is 1.45. The lowest BCUT2D eigenvalue weighted by molar-refractivity contribution is 0.408. The van der Waals surface area contributed by atoms with Crippen LogP contribution in [0.4, 0.5) is 0 Å². The third-order valence-electron chi connectivity index (χ3n) is 2.11. The van der Waals surface area contributed by atoms with Crippen LogP contribution in [0.5, 0.6) is 5.75 Å². The minimum absolute atomic E-state index is 0.176. The Morgan fingerprint density at radius 3 is 2.69 bits per heavy atom. The Kier molecular flexibility index (Phi) is 3.32. The highest BCUT2D eigenvalue weighted by molar-refractivity contribution is 5.40. The fourth-order valence-corrected chi connectivity index (χ4v) is 1.45. The van der Waals surface area contributed by atoms with Gasteiger partial charge < -0.3 is 10.5 Å². The molecule has 1 aromatic carbocycles. The van der Waals surface area contributed by atoms with Crippen LogP contribution in [-0.4, -0.2) is 13.2 Å². The van der Waals surface area contributed by atoms with E-state index in [9.17, 15) is 0 Å². The van der Waals surface area contributed by atoms with Crippen molar-refractivity contribution in [3.8, 4) is 5.75 Å². The molecule has 0 aliphatic carbocycles. The lowest BCUT2D eigenvalue weighted by atomic mass is 10.0. The predicted molar refractivity (Wildman–Crippen MR) is 55.1 cm³/mol. The number of rotatable bonds is 3. The number of hydrogen-bond acceptors (Lipinski definition) is 2. The predicted octanol–water partition coefficient (Wildman–Crippen LogP) is 1.89. The quantitative estimate of drug-likeness (QED) is 0.769. The van der Waals surface area contributed by atoms with E-state index < -0.39 is 0 Å². The summed E-state index contributed by atoms with van der Waals surface area (Å²) >= 11 is 0. The van der Waals surface area contributed by atoms with Gasteiger partial charge >= 0.3 is 0 Å². The lowest BCUT2D eigenvalue weighted by Crippen LogP contribution is -2.18. The molecule has 0 heterocycles. The zero-order valence-electron chi connectivity index (χ0n) is 8.50. The summed E-state index contributed by atoms with van der Waals surface area (Å²) in [4.78, 5) is 0. The van der Waals surface area contributed by atoms with E-state index in [1.807, 2.05) is 19.1 Å². The summed E-state index contributed by atoms with van der Waals surface area (Å²) in [6, 6.07) is 6.24. The van der Waals surface area contributed by atoms with Gasteiger partial charge in [-0.2, -0.15) is 0 Å². The smallest absolute Gasteiger partial charge is 0.122 e. The van der Waals surface area contributed by atoms with E-state index in [4.69, 9.17) is 10.5 Å². The molecule has 0 amide bonds. The van der Waals surface area contributed by atoms with Gasteiger partial charge in [-0.05, 0) is 37.5 Å². The van der Waals surface area contributed by atoms with Crippen molar-refractivity contribution >= 4 is 0 Å². The molecule has 0 aromatic heterocycles. The van der Waals surface area contributed by atoms with Crippen LogP contribution in [0.25, 0.3) is 0 Å². The Balaban J connectivity index is 3.00. The van der Waals surface area contributed by atoms with Gasteiger partial charge in [-0.1, -0.05) is 12.1 Å². The van der Waals surface area contributed by atoms with E-state index in [1.165, 1.54) is 11.1 Å². The third kappa shape index (κ3) is 2.46. The summed E-state index contributed by atoms with van der Waals surface area (Å²) in [7, 11) is 1.69. The topological polar surface area (TPSA) is 35.2 Å². The fraction of sp³-hybridized carbons (Fsp3) is 0.455. The molecule has 2 N–H and O–H groups in total. The molecule has 0 radical (unpaired) electrons. The largest absolute Gasteiger partial charge is 0.496 e. The second-order valence-electron chi connectivity index (χ2n) is 3.44. The Hall–Kier alpha value is -1.02. The van der Waals surface area contributed by atoms with E-state index in [1.54, 1.807) is 7.11 Å². The summed E-state index contributed by atoms with van der Waals surface area (Å²) in [5.41, 5.74) is 8.23. The van der Waals surface area contributed by atoms with Gasteiger partial charge in [0.1, 0.15) is 5.75 Å². The van der Waals surface area contributed by atoms with Crippen molar-refractivity contribution in [1.29, 1.82) is 0 Å². The van der Waals surface area contributed by atoms with Gasteiger partial charge in [0.05, 0.1) is 7.11 Å². The Labute approximate surface area is 79.7 Å². The molecule has 13 heavy (non-hydrogen) atoms. The van der Waals surface area contributed by atoms with Crippen LogP contribution in [-0.2, 0) is 6.42 Å². The van der Waals surface area contributed by atoms with Gasteiger partial charge in [-0.25, -0.2) is 0 Å². The SMILES string of the molecule is COc1cccc(C)c1C[C@@H](C)N. The number of methoxy groups -OCH3 is 1. The van der Waals surface area contributed by atoms with Crippen molar-refractivity contribution in [2.45, 2.75) is 26.3 Å². The van der Waals surface area contributed by atoms with Crippen molar-refractivity contribution in [3.63, 3.8) is 0 Å². The molecule has 0 saturated heterocycles. The highest BCUT2D eigenvalue weighted by atomic mass is 16.5. The first kappa shape index (κ1) is 10.1. The highest BCUT2D eigenvalue weighted by Gasteiger charge is 2.07. The second-order valence-corrected chi connectivity index (χ2v) is 3.44. The van der Waals surface area contributed by atoms with E-state index in [0.717, 1.165) is 12.2 Å². The maximum absolute atomic E-state index is 5.76. The van der Waals surface area contributed by atoms with Crippen LogP contribution in [0.2, 0.25) is 0 Å². The molecular weight excluding hydrogens is 162 g/mol. The van der Waals surface area contributed by atoms with Crippen LogP contribution in [0.15, 0.2) is 18.2 Å².